The number of benzene rings is 1. The fourth-order valence-electron chi connectivity index (χ4n) is 10.8. The third-order valence-corrected chi connectivity index (χ3v) is 18.1. The highest BCUT2D eigenvalue weighted by molar-refractivity contribution is 6.73. The van der Waals surface area contributed by atoms with Gasteiger partial charge in [-0.1, -0.05) is 78.5 Å². The molecule has 7 nitrogen and oxygen atoms in total. The largest absolute Gasteiger partial charge is 0.509 e. The molecule has 0 aromatic heterocycles. The summed E-state index contributed by atoms with van der Waals surface area (Å²) < 4.78 is 40.7. The van der Waals surface area contributed by atoms with Crippen LogP contribution in [0, 0.1) is 16.7 Å². The highest BCUT2D eigenvalue weighted by Gasteiger charge is 2.88. The van der Waals surface area contributed by atoms with Crippen LogP contribution >= 0.6 is 0 Å². The van der Waals surface area contributed by atoms with Crippen molar-refractivity contribution in [1.29, 1.82) is 0 Å². The Labute approximate surface area is 258 Å². The van der Waals surface area contributed by atoms with E-state index in [-0.39, 0.29) is 23.7 Å². The van der Waals surface area contributed by atoms with Gasteiger partial charge in [-0.15, -0.1) is 0 Å². The summed E-state index contributed by atoms with van der Waals surface area (Å²) >= 11 is 0. The highest BCUT2D eigenvalue weighted by Crippen LogP contribution is 2.77. The minimum absolute atomic E-state index is 0.0980. The molecule has 0 N–H and O–H groups in total. The molecule has 7 rings (SSSR count). The summed E-state index contributed by atoms with van der Waals surface area (Å²) in [6, 6.07) is 13.5. The van der Waals surface area contributed by atoms with Crippen LogP contribution in [-0.2, 0) is 34.7 Å². The molecule has 3 heterocycles. The number of hydrogen-bond donors (Lipinski definition) is 0. The highest BCUT2D eigenvalue weighted by atomic mass is 28.4. The van der Waals surface area contributed by atoms with Crippen molar-refractivity contribution in [2.24, 2.45) is 16.7 Å². The summed E-state index contributed by atoms with van der Waals surface area (Å²) in [5.74, 6) is -0.221. The number of carbonyl (C=O) groups excluding carboxylic acids is 1. The van der Waals surface area contributed by atoms with Crippen molar-refractivity contribution in [3.8, 4) is 0 Å². The Bertz CT molecular complexity index is 1300. The SMILES string of the molecule is C=C1C[C@]2(C)[C@@H](O[Si](CC)(CC)CC)C[C@H]3OC[C@@]3(OCc3ccccc3)[C@H]2[C@@H]2OC(=O)O[C@]23CC[C@@]2(C)O[C@]12C3(C)C. The second-order valence-electron chi connectivity index (χ2n) is 15.3. The maximum Gasteiger partial charge on any atom is 0.509 e. The molecular formula is C35H50O7Si. The average Bonchev–Trinajstić information content (AvgIpc) is 3.51. The van der Waals surface area contributed by atoms with E-state index in [9.17, 15) is 4.79 Å². The topological polar surface area (TPSA) is 75.8 Å². The molecule has 1 aromatic rings. The first-order chi connectivity index (χ1) is 20.3. The Kier molecular flexibility index (Phi) is 6.56. The molecule has 3 saturated heterocycles. The first-order valence-electron chi connectivity index (χ1n) is 16.6. The second kappa shape index (κ2) is 9.41. The maximum absolute atomic E-state index is 13.4. The molecule has 0 amide bonds. The molecule has 0 unspecified atom stereocenters. The summed E-state index contributed by atoms with van der Waals surface area (Å²) in [4.78, 5) is 13.4. The summed E-state index contributed by atoms with van der Waals surface area (Å²) in [6.45, 7) is 21.5. The van der Waals surface area contributed by atoms with E-state index in [0.29, 0.717) is 26.1 Å². The Hall–Kier alpha value is -1.71. The van der Waals surface area contributed by atoms with E-state index in [4.69, 9.17) is 34.7 Å². The van der Waals surface area contributed by atoms with Gasteiger partial charge >= 0.3 is 6.16 Å². The first kappa shape index (κ1) is 30.0. The van der Waals surface area contributed by atoms with Gasteiger partial charge < -0.3 is 28.1 Å². The molecule has 3 aliphatic heterocycles. The third kappa shape index (κ3) is 3.59. The van der Waals surface area contributed by atoms with Crippen LogP contribution in [0.15, 0.2) is 42.5 Å². The van der Waals surface area contributed by atoms with Crippen LogP contribution in [0.25, 0.3) is 0 Å². The smallest absolute Gasteiger partial charge is 0.426 e. The monoisotopic (exact) mass is 610 g/mol. The van der Waals surface area contributed by atoms with Crippen molar-refractivity contribution in [3.05, 3.63) is 48.0 Å². The maximum atomic E-state index is 13.4. The molecule has 0 radical (unpaired) electrons. The molecule has 2 bridgehead atoms. The number of fused-ring (bicyclic) bond motifs is 4. The summed E-state index contributed by atoms with van der Waals surface area (Å²) in [5.41, 5.74) is -1.33. The zero-order chi connectivity index (χ0) is 30.7. The third-order valence-electron chi connectivity index (χ3n) is 13.5. The van der Waals surface area contributed by atoms with Gasteiger partial charge in [0.15, 0.2) is 20.0 Å². The number of carbonyl (C=O) groups is 1. The molecule has 3 saturated carbocycles. The lowest BCUT2D eigenvalue weighted by Gasteiger charge is -2.68. The Morgan fingerprint density at radius 2 is 1.72 bits per heavy atom. The second-order valence-corrected chi connectivity index (χ2v) is 20.0. The van der Waals surface area contributed by atoms with Gasteiger partial charge in [0.05, 0.1) is 25.4 Å². The zero-order valence-electron chi connectivity index (χ0n) is 27.1. The first-order valence-corrected chi connectivity index (χ1v) is 19.1. The quantitative estimate of drug-likeness (QED) is 0.132. The van der Waals surface area contributed by atoms with E-state index >= 15 is 0 Å². The van der Waals surface area contributed by atoms with E-state index in [1.54, 1.807) is 0 Å². The zero-order valence-corrected chi connectivity index (χ0v) is 28.1. The van der Waals surface area contributed by atoms with Crippen LogP contribution in [0.2, 0.25) is 18.1 Å². The molecule has 1 aromatic carbocycles. The summed E-state index contributed by atoms with van der Waals surface area (Å²) in [7, 11) is -2.03. The van der Waals surface area contributed by atoms with Crippen molar-refractivity contribution in [2.45, 2.75) is 140 Å². The molecule has 3 aliphatic carbocycles. The van der Waals surface area contributed by atoms with Crippen molar-refractivity contribution in [3.63, 3.8) is 0 Å². The minimum Gasteiger partial charge on any atom is -0.426 e. The van der Waals surface area contributed by atoms with Gasteiger partial charge in [0.2, 0.25) is 0 Å². The molecule has 236 valence electrons. The lowest BCUT2D eigenvalue weighted by atomic mass is 9.42. The summed E-state index contributed by atoms with van der Waals surface area (Å²) in [5, 5.41) is 0. The van der Waals surface area contributed by atoms with Crippen molar-refractivity contribution in [2.75, 3.05) is 6.61 Å². The molecule has 6 fully saturated rings. The predicted molar refractivity (Wildman–Crippen MR) is 165 cm³/mol. The number of epoxide rings is 1. The Morgan fingerprint density at radius 3 is 2.35 bits per heavy atom. The average molecular weight is 611 g/mol. The normalized spacial score (nSPS) is 45.7. The fraction of sp³-hybridized carbons (Fsp3) is 0.743. The number of rotatable bonds is 8. The predicted octanol–water partition coefficient (Wildman–Crippen LogP) is 7.34. The van der Waals surface area contributed by atoms with E-state index in [0.717, 1.165) is 42.1 Å². The van der Waals surface area contributed by atoms with Crippen LogP contribution in [-0.4, -0.2) is 61.8 Å². The van der Waals surface area contributed by atoms with Crippen molar-refractivity contribution >= 4 is 14.5 Å². The van der Waals surface area contributed by atoms with Crippen LogP contribution < -0.4 is 0 Å². The standard InChI is InChI=1S/C35H50O7Si/c1-9-43(10-2,11-3)41-25-19-26-33(22-37-26,38-21-24-15-13-12-14-16-24)27-28-34(40-29(36)39-28)18-17-32(8)35(42-32,30(34,5)6)23(4)20-31(25,27)7/h12-16,25-28H,4,9-11,17-22H2,1-3,5-8H3/t25-,26+,27-,28-,31+,32+,33-,34+,35-/m0/s1. The number of hydrogen-bond acceptors (Lipinski definition) is 7. The lowest BCUT2D eigenvalue weighted by Crippen LogP contribution is -2.80. The van der Waals surface area contributed by atoms with E-state index < -0.39 is 48.2 Å². The molecule has 6 aliphatic rings. The molecule has 43 heavy (non-hydrogen) atoms. The minimum atomic E-state index is -2.03. The Balaban J connectivity index is 1.41. The van der Waals surface area contributed by atoms with Crippen LogP contribution in [0.5, 0.6) is 0 Å². The van der Waals surface area contributed by atoms with E-state index in [1.165, 1.54) is 0 Å². The Morgan fingerprint density at radius 1 is 1.02 bits per heavy atom. The van der Waals surface area contributed by atoms with Gasteiger partial charge in [-0.3, -0.25) is 0 Å². The van der Waals surface area contributed by atoms with Crippen LogP contribution in [0.3, 0.4) is 0 Å². The van der Waals surface area contributed by atoms with E-state index in [1.807, 2.05) is 18.2 Å². The molecule has 9 atom stereocenters. The van der Waals surface area contributed by atoms with Crippen LogP contribution in [0.4, 0.5) is 4.79 Å². The van der Waals surface area contributed by atoms with Gasteiger partial charge in [-0.25, -0.2) is 4.79 Å². The van der Waals surface area contributed by atoms with Gasteiger partial charge in [-0.2, -0.15) is 0 Å². The van der Waals surface area contributed by atoms with Crippen molar-refractivity contribution in [1.82, 2.24) is 0 Å². The van der Waals surface area contributed by atoms with Gasteiger partial charge in [-0.05, 0) is 55.5 Å². The van der Waals surface area contributed by atoms with Crippen LogP contribution in [0.1, 0.15) is 79.7 Å². The fourth-order valence-corrected chi connectivity index (χ4v) is 13.7. The molecule has 8 heteroatoms. The lowest BCUT2D eigenvalue weighted by molar-refractivity contribution is -0.357. The van der Waals surface area contributed by atoms with Gasteiger partial charge in [0.1, 0.15) is 16.8 Å². The molecular weight excluding hydrogens is 560 g/mol. The molecule has 2 spiro atoms. The van der Waals surface area contributed by atoms with Crippen molar-refractivity contribution < 1.29 is 32.9 Å². The number of ether oxygens (including phenoxy) is 5. The van der Waals surface area contributed by atoms with E-state index in [2.05, 4.69) is 60.6 Å². The summed E-state index contributed by atoms with van der Waals surface area (Å²) in [6.07, 6.45) is 1.50. The van der Waals surface area contributed by atoms with Gasteiger partial charge in [0, 0.05) is 23.2 Å². The van der Waals surface area contributed by atoms with Gasteiger partial charge in [0.25, 0.3) is 0 Å².